The average molecular weight is 468 g/mol. The predicted octanol–water partition coefficient (Wildman–Crippen LogP) is 2.99. The maximum absolute atomic E-state index is 13.1. The van der Waals surface area contributed by atoms with Gasteiger partial charge in [-0.3, -0.25) is 4.79 Å². The van der Waals surface area contributed by atoms with E-state index in [0.717, 1.165) is 19.3 Å². The number of hydrogen-bond acceptors (Lipinski definition) is 7. The number of H-pyrrole nitrogens is 1. The van der Waals surface area contributed by atoms with Gasteiger partial charge in [0.15, 0.2) is 6.73 Å². The molecular formula is C23H25FN6O4. The van der Waals surface area contributed by atoms with Crippen molar-refractivity contribution in [2.24, 2.45) is 0 Å². The number of piperidine rings is 1. The predicted molar refractivity (Wildman–Crippen MR) is 121 cm³/mol. The fourth-order valence-electron chi connectivity index (χ4n) is 4.15. The molecule has 5 rings (SSSR count). The molecule has 0 saturated carbocycles. The Balaban J connectivity index is 1.20. The Morgan fingerprint density at radius 1 is 1.09 bits per heavy atom. The van der Waals surface area contributed by atoms with E-state index >= 15 is 0 Å². The maximum Gasteiger partial charge on any atom is 0.411 e. The van der Waals surface area contributed by atoms with Crippen LogP contribution in [0.25, 0.3) is 11.0 Å². The molecule has 2 fully saturated rings. The summed E-state index contributed by atoms with van der Waals surface area (Å²) in [4.78, 5) is 40.1. The second-order valence-electron chi connectivity index (χ2n) is 8.33. The van der Waals surface area contributed by atoms with Gasteiger partial charge in [-0.05, 0) is 43.5 Å². The molecule has 0 atom stereocenters. The molecule has 2 N–H and O–H groups in total. The summed E-state index contributed by atoms with van der Waals surface area (Å²) in [5.41, 5.74) is 0.920. The average Bonchev–Trinajstić information content (AvgIpc) is 3.27. The first-order valence-electron chi connectivity index (χ1n) is 11.3. The number of nitrogens with zero attached hydrogens (tertiary/aromatic N) is 4. The molecule has 0 spiro atoms. The third-order valence-electron chi connectivity index (χ3n) is 6.00. The highest BCUT2D eigenvalue weighted by Crippen LogP contribution is 2.27. The van der Waals surface area contributed by atoms with Crippen molar-refractivity contribution >= 4 is 28.9 Å². The number of benzene rings is 1. The lowest BCUT2D eigenvalue weighted by molar-refractivity contribution is 0.0179. The van der Waals surface area contributed by atoms with E-state index in [9.17, 15) is 14.0 Å². The lowest BCUT2D eigenvalue weighted by Gasteiger charge is -2.38. The quantitative estimate of drug-likeness (QED) is 0.535. The number of likely N-dealkylation sites (tertiary alicyclic amines) is 2. The molecule has 2 saturated heterocycles. The molecule has 2 aromatic heterocycles. The van der Waals surface area contributed by atoms with Gasteiger partial charge in [0.25, 0.3) is 5.91 Å². The zero-order valence-corrected chi connectivity index (χ0v) is 18.5. The third-order valence-corrected chi connectivity index (χ3v) is 6.00. The minimum absolute atomic E-state index is 0.0719. The number of ether oxygens (including phenoxy) is 2. The van der Waals surface area contributed by atoms with Crippen LogP contribution in [0.1, 0.15) is 29.6 Å². The van der Waals surface area contributed by atoms with Crippen LogP contribution in [0.15, 0.2) is 36.8 Å². The van der Waals surface area contributed by atoms with Crippen LogP contribution >= 0.6 is 0 Å². The van der Waals surface area contributed by atoms with E-state index in [1.54, 1.807) is 28.1 Å². The van der Waals surface area contributed by atoms with Crippen LogP contribution in [0, 0.1) is 5.82 Å². The molecule has 0 unspecified atom stereocenters. The number of carbonyl (C=O) groups is 2. The van der Waals surface area contributed by atoms with Gasteiger partial charge in [-0.15, -0.1) is 0 Å². The zero-order valence-electron chi connectivity index (χ0n) is 18.5. The number of fused-ring (bicyclic) bond motifs is 1. The Hall–Kier alpha value is -3.89. The normalized spacial score (nSPS) is 16.3. The van der Waals surface area contributed by atoms with Crippen LogP contribution in [-0.4, -0.2) is 75.8 Å². The first-order valence-corrected chi connectivity index (χ1v) is 11.3. The summed E-state index contributed by atoms with van der Waals surface area (Å²) in [6.07, 6.45) is 5.53. The smallest absolute Gasteiger partial charge is 0.411 e. The SMILES string of the molecule is O=C(OCNc1ncnc2[nH]cc(C(=O)N3CC(Oc4ccc(F)cc4)C3)c12)N1CCCCC1. The Bertz CT molecular complexity index is 1170. The van der Waals surface area contributed by atoms with Crippen molar-refractivity contribution in [3.05, 3.63) is 48.2 Å². The van der Waals surface area contributed by atoms with Gasteiger partial charge in [0.2, 0.25) is 0 Å². The highest BCUT2D eigenvalue weighted by Gasteiger charge is 2.34. The maximum atomic E-state index is 13.1. The van der Waals surface area contributed by atoms with Crippen molar-refractivity contribution in [3.8, 4) is 5.75 Å². The van der Waals surface area contributed by atoms with Crippen LogP contribution in [-0.2, 0) is 4.74 Å². The number of carbonyl (C=O) groups excluding carboxylic acids is 2. The minimum Gasteiger partial charge on any atom is -0.487 e. The topological polar surface area (TPSA) is 113 Å². The molecule has 2 aliphatic heterocycles. The van der Waals surface area contributed by atoms with E-state index < -0.39 is 0 Å². The Kier molecular flexibility index (Phi) is 6.15. The largest absolute Gasteiger partial charge is 0.487 e. The van der Waals surface area contributed by atoms with Crippen molar-refractivity contribution in [2.75, 3.05) is 38.2 Å². The number of nitrogens with one attached hydrogen (secondary N) is 2. The summed E-state index contributed by atoms with van der Waals surface area (Å²) in [5.74, 6) is 0.448. The van der Waals surface area contributed by atoms with Gasteiger partial charge in [-0.25, -0.2) is 19.2 Å². The van der Waals surface area contributed by atoms with Gasteiger partial charge in [-0.1, -0.05) is 0 Å². The number of amides is 2. The second kappa shape index (κ2) is 9.54. The third kappa shape index (κ3) is 4.59. The molecule has 34 heavy (non-hydrogen) atoms. The van der Waals surface area contributed by atoms with Crippen LogP contribution in [0.4, 0.5) is 15.0 Å². The number of halogens is 1. The Morgan fingerprint density at radius 2 is 1.85 bits per heavy atom. The number of aromatic amines is 1. The minimum atomic E-state index is -0.365. The monoisotopic (exact) mass is 468 g/mol. The van der Waals surface area contributed by atoms with E-state index in [-0.39, 0.29) is 30.7 Å². The molecule has 0 bridgehead atoms. The Labute approximate surface area is 195 Å². The van der Waals surface area contributed by atoms with E-state index in [0.29, 0.717) is 54.3 Å². The van der Waals surface area contributed by atoms with Crippen molar-refractivity contribution in [3.63, 3.8) is 0 Å². The molecule has 1 aromatic carbocycles. The number of anilines is 1. The van der Waals surface area contributed by atoms with Crippen molar-refractivity contribution < 1.29 is 23.5 Å². The van der Waals surface area contributed by atoms with E-state index in [4.69, 9.17) is 9.47 Å². The summed E-state index contributed by atoms with van der Waals surface area (Å²) in [5, 5.41) is 3.52. The molecule has 0 radical (unpaired) electrons. The van der Waals surface area contributed by atoms with Gasteiger partial charge in [0.1, 0.15) is 35.5 Å². The molecule has 0 aliphatic carbocycles. The summed E-state index contributed by atoms with van der Waals surface area (Å²) in [6, 6.07) is 5.79. The number of hydrogen-bond donors (Lipinski definition) is 2. The van der Waals surface area contributed by atoms with Gasteiger partial charge in [-0.2, -0.15) is 0 Å². The zero-order chi connectivity index (χ0) is 23.5. The van der Waals surface area contributed by atoms with Gasteiger partial charge < -0.3 is 29.6 Å². The van der Waals surface area contributed by atoms with Crippen molar-refractivity contribution in [1.82, 2.24) is 24.8 Å². The Morgan fingerprint density at radius 3 is 2.62 bits per heavy atom. The van der Waals surface area contributed by atoms with Crippen LogP contribution < -0.4 is 10.1 Å². The summed E-state index contributed by atoms with van der Waals surface area (Å²) in [7, 11) is 0. The highest BCUT2D eigenvalue weighted by molar-refractivity contribution is 6.09. The molecule has 11 heteroatoms. The molecule has 10 nitrogen and oxygen atoms in total. The first kappa shape index (κ1) is 21.9. The molecule has 2 aliphatic rings. The fraction of sp³-hybridized carbons (Fsp3) is 0.391. The molecule has 3 aromatic rings. The van der Waals surface area contributed by atoms with E-state index in [2.05, 4.69) is 20.3 Å². The van der Waals surface area contributed by atoms with Crippen LogP contribution in [0.2, 0.25) is 0 Å². The van der Waals surface area contributed by atoms with Gasteiger partial charge >= 0.3 is 6.09 Å². The summed E-state index contributed by atoms with van der Waals surface area (Å²) >= 11 is 0. The molecular weight excluding hydrogens is 443 g/mol. The lowest BCUT2D eigenvalue weighted by Crippen LogP contribution is -2.56. The summed E-state index contributed by atoms with van der Waals surface area (Å²) < 4.78 is 24.2. The van der Waals surface area contributed by atoms with Gasteiger partial charge in [0, 0.05) is 19.3 Å². The van der Waals surface area contributed by atoms with E-state index in [1.807, 2.05) is 0 Å². The number of rotatable bonds is 6. The fourth-order valence-corrected chi connectivity index (χ4v) is 4.15. The van der Waals surface area contributed by atoms with Crippen LogP contribution in [0.5, 0.6) is 5.75 Å². The second-order valence-corrected chi connectivity index (χ2v) is 8.33. The lowest BCUT2D eigenvalue weighted by atomic mass is 10.1. The van der Waals surface area contributed by atoms with E-state index in [1.165, 1.54) is 18.5 Å². The van der Waals surface area contributed by atoms with Gasteiger partial charge in [0.05, 0.1) is 24.0 Å². The molecule has 178 valence electrons. The van der Waals surface area contributed by atoms with Crippen LogP contribution in [0.3, 0.4) is 0 Å². The highest BCUT2D eigenvalue weighted by atomic mass is 19.1. The van der Waals surface area contributed by atoms with Crippen molar-refractivity contribution in [2.45, 2.75) is 25.4 Å². The first-order chi connectivity index (χ1) is 16.6. The standard InChI is InChI=1S/C23H25FN6O4/c24-15-4-6-16(7-5-15)34-17-11-30(12-17)22(31)18-10-25-20-19(18)21(27-13-26-20)28-14-33-23(32)29-8-2-1-3-9-29/h4-7,10,13,17H,1-3,8-9,11-12,14H2,(H2,25,26,27,28). The number of aromatic nitrogens is 3. The molecule has 2 amide bonds. The molecule has 4 heterocycles. The van der Waals surface area contributed by atoms with Crippen molar-refractivity contribution in [1.29, 1.82) is 0 Å². The summed E-state index contributed by atoms with van der Waals surface area (Å²) in [6.45, 7) is 2.15.